The highest BCUT2D eigenvalue weighted by molar-refractivity contribution is 7.94. The van der Waals surface area contributed by atoms with Crippen LogP contribution in [0.4, 0.5) is 0 Å². The standard InChI is InChI=1S/C32H30O4S/c33-37(34,31-19-11-4-12-20-31)24-23-36-30(21-22-35-26-27-13-5-1-6-14-27)25-32(28-15-7-2-8-16-28)29-17-9-3-10-18-29/h1-20,23-25,30H,21-22,26H2/b24-23-. The van der Waals surface area contributed by atoms with Crippen LogP contribution < -0.4 is 0 Å². The van der Waals surface area contributed by atoms with E-state index in [0.29, 0.717) is 19.6 Å². The van der Waals surface area contributed by atoms with Crippen LogP contribution in [0.25, 0.3) is 5.57 Å². The summed E-state index contributed by atoms with van der Waals surface area (Å²) in [7, 11) is -3.61. The molecule has 5 heteroatoms. The van der Waals surface area contributed by atoms with E-state index < -0.39 is 15.9 Å². The summed E-state index contributed by atoms with van der Waals surface area (Å²) in [6.07, 6.45) is 3.45. The molecule has 0 spiro atoms. The lowest BCUT2D eigenvalue weighted by molar-refractivity contribution is 0.0821. The van der Waals surface area contributed by atoms with E-state index in [0.717, 1.165) is 27.7 Å². The molecule has 0 bridgehead atoms. The molecule has 0 aromatic heterocycles. The van der Waals surface area contributed by atoms with Crippen molar-refractivity contribution in [2.24, 2.45) is 0 Å². The summed E-state index contributed by atoms with van der Waals surface area (Å²) < 4.78 is 37.3. The Labute approximate surface area is 219 Å². The summed E-state index contributed by atoms with van der Waals surface area (Å²) in [4.78, 5) is 0.224. The Morgan fingerprint density at radius 3 is 1.78 bits per heavy atom. The van der Waals surface area contributed by atoms with Crippen molar-refractivity contribution in [1.82, 2.24) is 0 Å². The molecule has 4 nitrogen and oxygen atoms in total. The Balaban J connectivity index is 1.56. The second-order valence-electron chi connectivity index (χ2n) is 8.44. The van der Waals surface area contributed by atoms with Crippen molar-refractivity contribution >= 4 is 15.4 Å². The Bertz CT molecular complexity index is 1340. The van der Waals surface area contributed by atoms with Gasteiger partial charge in [0.25, 0.3) is 0 Å². The van der Waals surface area contributed by atoms with Crippen molar-refractivity contribution in [3.63, 3.8) is 0 Å². The fourth-order valence-electron chi connectivity index (χ4n) is 3.83. The summed E-state index contributed by atoms with van der Waals surface area (Å²) in [6.45, 7) is 0.950. The normalized spacial score (nSPS) is 12.2. The second-order valence-corrected chi connectivity index (χ2v) is 10.3. The van der Waals surface area contributed by atoms with E-state index in [9.17, 15) is 8.42 Å². The van der Waals surface area contributed by atoms with E-state index in [1.54, 1.807) is 30.3 Å². The lowest BCUT2D eigenvalue weighted by Crippen LogP contribution is -2.12. The lowest BCUT2D eigenvalue weighted by Gasteiger charge is -2.17. The molecule has 4 aromatic carbocycles. The van der Waals surface area contributed by atoms with Crippen LogP contribution in [0.3, 0.4) is 0 Å². The number of sulfone groups is 1. The molecule has 0 heterocycles. The lowest BCUT2D eigenvalue weighted by atomic mass is 9.96. The molecule has 0 aliphatic heterocycles. The van der Waals surface area contributed by atoms with Gasteiger partial charge in [0.15, 0.2) is 0 Å². The van der Waals surface area contributed by atoms with Crippen LogP contribution in [0.1, 0.15) is 23.1 Å². The SMILES string of the molecule is O=S(=O)(/C=C\OC(C=C(c1ccccc1)c1ccccc1)CCOCc1ccccc1)c1ccccc1. The first-order valence-corrected chi connectivity index (χ1v) is 13.7. The maximum absolute atomic E-state index is 12.7. The monoisotopic (exact) mass is 510 g/mol. The van der Waals surface area contributed by atoms with Crippen molar-refractivity contribution in [1.29, 1.82) is 0 Å². The van der Waals surface area contributed by atoms with Gasteiger partial charge >= 0.3 is 0 Å². The molecule has 0 aliphatic carbocycles. The summed E-state index contributed by atoms with van der Waals surface area (Å²) in [6, 6.07) is 38.5. The van der Waals surface area contributed by atoms with Crippen molar-refractivity contribution in [2.45, 2.75) is 24.0 Å². The van der Waals surface area contributed by atoms with E-state index in [1.165, 1.54) is 6.26 Å². The van der Waals surface area contributed by atoms with E-state index in [2.05, 4.69) is 24.3 Å². The minimum Gasteiger partial charge on any atom is -0.493 e. The summed E-state index contributed by atoms with van der Waals surface area (Å²) in [5, 5.41) is 1.11. The summed E-state index contributed by atoms with van der Waals surface area (Å²) in [5.41, 5.74) is 4.20. The molecule has 0 fully saturated rings. The van der Waals surface area contributed by atoms with Crippen LogP contribution in [-0.4, -0.2) is 21.1 Å². The molecule has 0 aliphatic rings. The highest BCUT2D eigenvalue weighted by Crippen LogP contribution is 2.25. The molecule has 4 aromatic rings. The molecule has 1 atom stereocenters. The van der Waals surface area contributed by atoms with Gasteiger partial charge in [0.05, 0.1) is 29.8 Å². The maximum atomic E-state index is 12.7. The average Bonchev–Trinajstić information content (AvgIpc) is 2.95. The van der Waals surface area contributed by atoms with Crippen LogP contribution in [0.2, 0.25) is 0 Å². The largest absolute Gasteiger partial charge is 0.493 e. The predicted octanol–water partition coefficient (Wildman–Crippen LogP) is 7.06. The third-order valence-electron chi connectivity index (χ3n) is 5.74. The van der Waals surface area contributed by atoms with Gasteiger partial charge in [-0.25, -0.2) is 8.42 Å². The highest BCUT2D eigenvalue weighted by Gasteiger charge is 2.13. The number of hydrogen-bond acceptors (Lipinski definition) is 4. The number of rotatable bonds is 12. The molecule has 0 N–H and O–H groups in total. The maximum Gasteiger partial charge on any atom is 0.202 e. The molecule has 0 saturated carbocycles. The second kappa shape index (κ2) is 13.4. The Hall–Kier alpha value is -3.93. The average molecular weight is 511 g/mol. The Morgan fingerprint density at radius 1 is 0.703 bits per heavy atom. The third-order valence-corrected chi connectivity index (χ3v) is 7.14. The zero-order valence-electron chi connectivity index (χ0n) is 20.5. The number of hydrogen-bond donors (Lipinski definition) is 0. The molecular weight excluding hydrogens is 480 g/mol. The Morgan fingerprint density at radius 2 is 1.22 bits per heavy atom. The van der Waals surface area contributed by atoms with Gasteiger partial charge in [-0.05, 0) is 40.5 Å². The van der Waals surface area contributed by atoms with Gasteiger partial charge in [-0.3, -0.25) is 0 Å². The highest BCUT2D eigenvalue weighted by atomic mass is 32.2. The molecule has 4 rings (SSSR count). The topological polar surface area (TPSA) is 52.6 Å². The first-order valence-electron chi connectivity index (χ1n) is 12.2. The minimum atomic E-state index is -3.61. The van der Waals surface area contributed by atoms with Crippen molar-refractivity contribution in [3.8, 4) is 0 Å². The molecule has 0 saturated heterocycles. The van der Waals surface area contributed by atoms with Gasteiger partial charge in [0.1, 0.15) is 6.10 Å². The number of benzene rings is 4. The van der Waals surface area contributed by atoms with E-state index in [1.807, 2.05) is 72.8 Å². The van der Waals surface area contributed by atoms with Crippen molar-refractivity contribution in [3.05, 3.63) is 156 Å². The molecular formula is C32H30O4S. The van der Waals surface area contributed by atoms with Crippen LogP contribution in [-0.2, 0) is 25.9 Å². The fraction of sp³-hybridized carbons (Fsp3) is 0.125. The Kier molecular flexibility index (Phi) is 9.47. The quantitative estimate of drug-likeness (QED) is 0.151. The predicted molar refractivity (Wildman–Crippen MR) is 148 cm³/mol. The van der Waals surface area contributed by atoms with Gasteiger partial charge in [-0.15, -0.1) is 0 Å². The molecule has 188 valence electrons. The molecule has 1 unspecified atom stereocenters. The minimum absolute atomic E-state index is 0.224. The first-order chi connectivity index (χ1) is 18.1. The van der Waals surface area contributed by atoms with Gasteiger partial charge in [0.2, 0.25) is 9.84 Å². The molecule has 37 heavy (non-hydrogen) atoms. The van der Waals surface area contributed by atoms with Crippen LogP contribution in [0.15, 0.2) is 144 Å². The zero-order chi connectivity index (χ0) is 25.8. The van der Waals surface area contributed by atoms with E-state index in [4.69, 9.17) is 9.47 Å². The molecule has 0 amide bonds. The van der Waals surface area contributed by atoms with Crippen molar-refractivity contribution in [2.75, 3.05) is 6.61 Å². The smallest absolute Gasteiger partial charge is 0.202 e. The van der Waals surface area contributed by atoms with Gasteiger partial charge in [0, 0.05) is 6.42 Å². The van der Waals surface area contributed by atoms with Crippen LogP contribution in [0.5, 0.6) is 0 Å². The zero-order valence-corrected chi connectivity index (χ0v) is 21.3. The van der Waals surface area contributed by atoms with Gasteiger partial charge in [-0.2, -0.15) is 0 Å². The van der Waals surface area contributed by atoms with E-state index >= 15 is 0 Å². The van der Waals surface area contributed by atoms with Crippen LogP contribution in [0, 0.1) is 0 Å². The first kappa shape index (κ1) is 26.1. The summed E-state index contributed by atoms with van der Waals surface area (Å²) >= 11 is 0. The fourth-order valence-corrected chi connectivity index (χ4v) is 4.73. The van der Waals surface area contributed by atoms with Gasteiger partial charge < -0.3 is 9.47 Å². The molecule has 0 radical (unpaired) electrons. The van der Waals surface area contributed by atoms with Crippen LogP contribution >= 0.6 is 0 Å². The van der Waals surface area contributed by atoms with E-state index in [-0.39, 0.29) is 4.90 Å². The third kappa shape index (κ3) is 8.04. The summed E-state index contributed by atoms with van der Waals surface area (Å²) in [5.74, 6) is 0. The van der Waals surface area contributed by atoms with Gasteiger partial charge in [-0.1, -0.05) is 109 Å². The van der Waals surface area contributed by atoms with Crippen molar-refractivity contribution < 1.29 is 17.9 Å². The number of ether oxygens (including phenoxy) is 2.